The highest BCUT2D eigenvalue weighted by molar-refractivity contribution is 5.94. The van der Waals surface area contributed by atoms with Gasteiger partial charge < -0.3 is 15.0 Å². The maximum Gasteiger partial charge on any atom is 0.416 e. The van der Waals surface area contributed by atoms with Crippen molar-refractivity contribution in [3.8, 4) is 5.75 Å². The molecule has 2 aromatic carbocycles. The summed E-state index contributed by atoms with van der Waals surface area (Å²) < 4.78 is 44.4. The molecule has 1 aliphatic rings. The van der Waals surface area contributed by atoms with Crippen LogP contribution in [0.4, 0.5) is 13.2 Å². The van der Waals surface area contributed by atoms with E-state index >= 15 is 0 Å². The number of amides is 1. The molecule has 1 aliphatic heterocycles. The zero-order valence-corrected chi connectivity index (χ0v) is 22.6. The van der Waals surface area contributed by atoms with E-state index in [-0.39, 0.29) is 5.91 Å². The lowest BCUT2D eigenvalue weighted by atomic mass is 9.99. The number of rotatable bonds is 10. The first-order chi connectivity index (χ1) is 17.5. The van der Waals surface area contributed by atoms with E-state index in [0.717, 1.165) is 50.5 Å². The highest BCUT2D eigenvalue weighted by atomic mass is 19.4. The summed E-state index contributed by atoms with van der Waals surface area (Å²) in [7, 11) is 0. The summed E-state index contributed by atoms with van der Waals surface area (Å²) in [6.45, 7) is 15.8. The van der Waals surface area contributed by atoms with Gasteiger partial charge in [0.25, 0.3) is 5.91 Å². The van der Waals surface area contributed by atoms with E-state index in [1.165, 1.54) is 28.8 Å². The molecule has 8 heteroatoms. The van der Waals surface area contributed by atoms with Gasteiger partial charge in [0, 0.05) is 50.9 Å². The van der Waals surface area contributed by atoms with Gasteiger partial charge in [-0.15, -0.1) is 0 Å². The van der Waals surface area contributed by atoms with Crippen LogP contribution in [0, 0.1) is 19.8 Å². The number of nitrogens with zero attached hydrogens (tertiary/aromatic N) is 2. The average molecular weight is 520 g/mol. The van der Waals surface area contributed by atoms with Crippen LogP contribution in [0.2, 0.25) is 0 Å². The third-order valence-corrected chi connectivity index (χ3v) is 7.49. The van der Waals surface area contributed by atoms with E-state index in [1.807, 2.05) is 0 Å². The van der Waals surface area contributed by atoms with Crippen molar-refractivity contribution in [3.63, 3.8) is 0 Å². The van der Waals surface area contributed by atoms with Crippen LogP contribution in [0.5, 0.6) is 5.75 Å². The highest BCUT2D eigenvalue weighted by Gasteiger charge is 2.30. The molecule has 0 radical (unpaired) electrons. The van der Waals surface area contributed by atoms with Gasteiger partial charge in [0.15, 0.2) is 0 Å². The Morgan fingerprint density at radius 2 is 1.62 bits per heavy atom. The molecule has 0 aliphatic carbocycles. The standard InChI is InChI=1S/C29H40F3N3O2/c1-20(2)23(5)33-13-19-37-27-11-8-24(21(3)22(27)4)12-14-34-15-17-35(18-16-34)28(36)25-6-9-26(10-7-25)29(30,31)32/h6-11,20,23,33H,12-19H2,1-5H3. The van der Waals surface area contributed by atoms with E-state index in [1.54, 1.807) is 4.90 Å². The molecule has 1 heterocycles. The Labute approximate surface area is 219 Å². The maximum atomic E-state index is 12.8. The van der Waals surface area contributed by atoms with Gasteiger partial charge in [-0.05, 0) is 80.1 Å². The minimum atomic E-state index is -4.40. The van der Waals surface area contributed by atoms with Crippen LogP contribution in [0.15, 0.2) is 36.4 Å². The third-order valence-electron chi connectivity index (χ3n) is 7.49. The molecule has 204 valence electrons. The summed E-state index contributed by atoms with van der Waals surface area (Å²) in [5.41, 5.74) is 3.26. The Hall–Kier alpha value is -2.58. The summed E-state index contributed by atoms with van der Waals surface area (Å²) >= 11 is 0. The predicted octanol–water partition coefficient (Wildman–Crippen LogP) is 5.34. The average Bonchev–Trinajstić information content (AvgIpc) is 2.87. The minimum Gasteiger partial charge on any atom is -0.492 e. The van der Waals surface area contributed by atoms with E-state index in [0.29, 0.717) is 37.2 Å². The topological polar surface area (TPSA) is 44.8 Å². The van der Waals surface area contributed by atoms with Gasteiger partial charge >= 0.3 is 6.18 Å². The number of hydrogen-bond donors (Lipinski definition) is 1. The van der Waals surface area contributed by atoms with Gasteiger partial charge in [0.1, 0.15) is 12.4 Å². The first kappa shape index (κ1) is 29.0. The number of nitrogens with one attached hydrogen (secondary N) is 1. The zero-order valence-electron chi connectivity index (χ0n) is 22.6. The number of carbonyl (C=O) groups is 1. The fourth-order valence-corrected chi connectivity index (χ4v) is 4.40. The van der Waals surface area contributed by atoms with Crippen molar-refractivity contribution in [2.45, 2.75) is 53.3 Å². The summed E-state index contributed by atoms with van der Waals surface area (Å²) in [4.78, 5) is 16.8. The van der Waals surface area contributed by atoms with Crippen molar-refractivity contribution >= 4 is 5.91 Å². The van der Waals surface area contributed by atoms with Crippen LogP contribution in [0.25, 0.3) is 0 Å². The lowest BCUT2D eigenvalue weighted by Crippen LogP contribution is -2.49. The number of ether oxygens (including phenoxy) is 1. The van der Waals surface area contributed by atoms with Crippen molar-refractivity contribution in [3.05, 3.63) is 64.2 Å². The van der Waals surface area contributed by atoms with Gasteiger partial charge in [0.05, 0.1) is 5.56 Å². The molecule has 1 amide bonds. The lowest BCUT2D eigenvalue weighted by Gasteiger charge is -2.35. The van der Waals surface area contributed by atoms with Crippen LogP contribution >= 0.6 is 0 Å². The Kier molecular flexibility index (Phi) is 10.0. The van der Waals surface area contributed by atoms with E-state index in [9.17, 15) is 18.0 Å². The number of halogens is 3. The SMILES string of the molecule is Cc1c(CCN2CCN(C(=O)c3ccc(C(F)(F)F)cc3)CC2)ccc(OCCNC(C)C(C)C)c1C. The monoisotopic (exact) mass is 519 g/mol. The van der Waals surface area contributed by atoms with Gasteiger partial charge in [-0.25, -0.2) is 0 Å². The lowest BCUT2D eigenvalue weighted by molar-refractivity contribution is -0.137. The van der Waals surface area contributed by atoms with Crippen LogP contribution in [-0.4, -0.2) is 67.6 Å². The molecule has 1 fully saturated rings. The molecule has 0 spiro atoms. The molecule has 0 bridgehead atoms. The Bertz CT molecular complexity index is 1030. The largest absolute Gasteiger partial charge is 0.492 e. The normalized spacial score (nSPS) is 15.8. The highest BCUT2D eigenvalue weighted by Crippen LogP contribution is 2.29. The van der Waals surface area contributed by atoms with Gasteiger partial charge in [-0.2, -0.15) is 13.2 Å². The first-order valence-electron chi connectivity index (χ1n) is 13.1. The number of hydrogen-bond acceptors (Lipinski definition) is 4. The van der Waals surface area contributed by atoms with Crippen LogP contribution in [-0.2, 0) is 12.6 Å². The third kappa shape index (κ3) is 7.95. The summed E-state index contributed by atoms with van der Waals surface area (Å²) in [5, 5.41) is 3.49. The minimum absolute atomic E-state index is 0.218. The zero-order chi connectivity index (χ0) is 27.2. The van der Waals surface area contributed by atoms with Crippen LogP contribution < -0.4 is 10.1 Å². The molecule has 3 rings (SSSR count). The molecular weight excluding hydrogens is 479 g/mol. The molecule has 5 nitrogen and oxygen atoms in total. The molecule has 1 unspecified atom stereocenters. The molecular formula is C29H40F3N3O2. The molecule has 1 atom stereocenters. The molecule has 37 heavy (non-hydrogen) atoms. The molecule has 1 N–H and O–H groups in total. The molecule has 1 saturated heterocycles. The molecule has 2 aromatic rings. The maximum absolute atomic E-state index is 12.8. The van der Waals surface area contributed by atoms with Crippen LogP contribution in [0.1, 0.15) is 53.4 Å². The second kappa shape index (κ2) is 12.8. The Morgan fingerprint density at radius 1 is 0.973 bits per heavy atom. The number of piperazine rings is 1. The molecule has 0 aromatic heterocycles. The number of carbonyl (C=O) groups excluding carboxylic acids is 1. The van der Waals surface area contributed by atoms with Gasteiger partial charge in [-0.3, -0.25) is 9.69 Å². The summed E-state index contributed by atoms with van der Waals surface area (Å²) in [5.74, 6) is 1.30. The second-order valence-electron chi connectivity index (χ2n) is 10.3. The van der Waals surface area contributed by atoms with Gasteiger partial charge in [-0.1, -0.05) is 19.9 Å². The van der Waals surface area contributed by atoms with Crippen molar-refractivity contribution in [2.75, 3.05) is 45.9 Å². The van der Waals surface area contributed by atoms with Crippen molar-refractivity contribution in [1.82, 2.24) is 15.1 Å². The smallest absolute Gasteiger partial charge is 0.416 e. The van der Waals surface area contributed by atoms with E-state index in [2.05, 4.69) is 57.0 Å². The number of benzene rings is 2. The van der Waals surface area contributed by atoms with Crippen molar-refractivity contribution < 1.29 is 22.7 Å². The van der Waals surface area contributed by atoms with E-state index < -0.39 is 11.7 Å². The van der Waals surface area contributed by atoms with Crippen molar-refractivity contribution in [1.29, 1.82) is 0 Å². The van der Waals surface area contributed by atoms with E-state index in [4.69, 9.17) is 4.74 Å². The van der Waals surface area contributed by atoms with Crippen LogP contribution in [0.3, 0.4) is 0 Å². The number of alkyl halides is 3. The Balaban J connectivity index is 1.45. The first-order valence-corrected chi connectivity index (χ1v) is 13.1. The molecule has 0 saturated carbocycles. The fourth-order valence-electron chi connectivity index (χ4n) is 4.40. The van der Waals surface area contributed by atoms with Gasteiger partial charge in [0.2, 0.25) is 0 Å². The summed E-state index contributed by atoms with van der Waals surface area (Å²) in [6, 6.07) is 9.12. The predicted molar refractivity (Wildman–Crippen MR) is 141 cm³/mol. The Morgan fingerprint density at radius 3 is 2.22 bits per heavy atom. The summed E-state index contributed by atoms with van der Waals surface area (Å²) in [6.07, 6.45) is -3.49. The quantitative estimate of drug-likeness (QED) is 0.431. The van der Waals surface area contributed by atoms with Crippen molar-refractivity contribution in [2.24, 2.45) is 5.92 Å². The second-order valence-corrected chi connectivity index (χ2v) is 10.3. The fraction of sp³-hybridized carbons (Fsp3) is 0.552.